The summed E-state index contributed by atoms with van der Waals surface area (Å²) in [5.74, 6) is 1.26. The number of amides is 1. The van der Waals surface area contributed by atoms with E-state index in [0.717, 1.165) is 11.4 Å². The minimum absolute atomic E-state index is 0.247. The number of anilines is 2. The molecular weight excluding hydrogens is 272 g/mol. The third-order valence-corrected chi connectivity index (χ3v) is 5.26. The van der Waals surface area contributed by atoms with Gasteiger partial charge in [0.25, 0.3) is 0 Å². The zero-order valence-electron chi connectivity index (χ0n) is 11.7. The van der Waals surface area contributed by atoms with Crippen LogP contribution in [0.5, 0.6) is 0 Å². The van der Waals surface area contributed by atoms with E-state index in [4.69, 9.17) is 4.74 Å². The van der Waals surface area contributed by atoms with E-state index in [1.165, 1.54) is 18.6 Å². The number of benzene rings is 1. The van der Waals surface area contributed by atoms with Crippen molar-refractivity contribution in [2.75, 3.05) is 29.1 Å². The maximum Gasteiger partial charge on any atom is 0.414 e. The molecule has 0 saturated carbocycles. The van der Waals surface area contributed by atoms with Gasteiger partial charge in [0, 0.05) is 22.7 Å². The Kier molecular flexibility index (Phi) is 4.05. The van der Waals surface area contributed by atoms with E-state index in [1.54, 1.807) is 4.90 Å². The minimum atomic E-state index is -0.247. The fourth-order valence-corrected chi connectivity index (χ4v) is 3.86. The average molecular weight is 292 g/mol. The van der Waals surface area contributed by atoms with Crippen LogP contribution in [0, 0.1) is 0 Å². The second-order valence-electron chi connectivity index (χ2n) is 5.29. The summed E-state index contributed by atoms with van der Waals surface area (Å²) in [5.41, 5.74) is 2.00. The molecule has 2 aliphatic rings. The highest BCUT2D eigenvalue weighted by Gasteiger charge is 2.25. The van der Waals surface area contributed by atoms with E-state index < -0.39 is 0 Å². The number of rotatable bonds is 3. The van der Waals surface area contributed by atoms with Gasteiger partial charge in [0.05, 0.1) is 6.54 Å². The maximum atomic E-state index is 11.6. The molecule has 2 atom stereocenters. The molecule has 0 bridgehead atoms. The second kappa shape index (κ2) is 5.95. The maximum absolute atomic E-state index is 11.6. The Hall–Kier alpha value is -1.36. The number of ether oxygens (including phenoxy) is 1. The lowest BCUT2D eigenvalue weighted by molar-refractivity contribution is 0.181. The average Bonchev–Trinajstić information content (AvgIpc) is 2.88. The normalized spacial score (nSPS) is 26.4. The first-order chi connectivity index (χ1) is 9.74. The van der Waals surface area contributed by atoms with E-state index >= 15 is 0 Å². The summed E-state index contributed by atoms with van der Waals surface area (Å²) in [6.07, 6.45) is 2.23. The number of thioether (sulfide) groups is 1. The molecule has 0 spiro atoms. The quantitative estimate of drug-likeness (QED) is 0.927. The fourth-order valence-electron chi connectivity index (χ4n) is 2.72. The Labute approximate surface area is 123 Å². The standard InChI is InChI=1S/C15H20N2O2S/c1-11-14(6-3-9-20-11)16-12-4-2-5-13(10-12)17-7-8-19-15(17)18/h2,4-5,10-11,14,16H,3,6-9H2,1H3. The van der Waals surface area contributed by atoms with E-state index in [9.17, 15) is 4.79 Å². The zero-order valence-corrected chi connectivity index (χ0v) is 12.5. The van der Waals surface area contributed by atoms with Gasteiger partial charge in [-0.05, 0) is 36.8 Å². The van der Waals surface area contributed by atoms with Crippen LogP contribution in [0.15, 0.2) is 24.3 Å². The van der Waals surface area contributed by atoms with Crippen molar-refractivity contribution in [3.05, 3.63) is 24.3 Å². The molecule has 1 amide bonds. The third-order valence-electron chi connectivity index (χ3n) is 3.88. The molecule has 3 rings (SSSR count). The molecule has 0 aromatic heterocycles. The second-order valence-corrected chi connectivity index (χ2v) is 6.77. The van der Waals surface area contributed by atoms with E-state index in [-0.39, 0.29) is 6.09 Å². The number of carbonyl (C=O) groups excluding carboxylic acids is 1. The third kappa shape index (κ3) is 2.87. The summed E-state index contributed by atoms with van der Waals surface area (Å²) in [6.45, 7) is 3.40. The summed E-state index contributed by atoms with van der Waals surface area (Å²) < 4.78 is 4.99. The highest BCUT2D eigenvalue weighted by atomic mass is 32.2. The Morgan fingerprint density at radius 1 is 1.45 bits per heavy atom. The van der Waals surface area contributed by atoms with E-state index in [0.29, 0.717) is 24.4 Å². The summed E-state index contributed by atoms with van der Waals surface area (Å²) in [5, 5.41) is 4.24. The Morgan fingerprint density at radius 3 is 3.10 bits per heavy atom. The molecule has 1 aromatic carbocycles. The van der Waals surface area contributed by atoms with Gasteiger partial charge in [-0.15, -0.1) is 0 Å². The Balaban J connectivity index is 1.72. The van der Waals surface area contributed by atoms with Crippen molar-refractivity contribution in [3.8, 4) is 0 Å². The largest absolute Gasteiger partial charge is 0.447 e. The molecule has 1 aromatic rings. The molecule has 4 nitrogen and oxygen atoms in total. The topological polar surface area (TPSA) is 41.6 Å². The summed E-state index contributed by atoms with van der Waals surface area (Å²) in [7, 11) is 0. The van der Waals surface area contributed by atoms with Crippen LogP contribution in [-0.2, 0) is 4.74 Å². The molecule has 1 N–H and O–H groups in total. The van der Waals surface area contributed by atoms with Crippen LogP contribution >= 0.6 is 11.8 Å². The number of nitrogens with zero attached hydrogens (tertiary/aromatic N) is 1. The van der Waals surface area contributed by atoms with E-state index in [2.05, 4.69) is 18.3 Å². The summed E-state index contributed by atoms with van der Waals surface area (Å²) in [4.78, 5) is 13.3. The lowest BCUT2D eigenvalue weighted by Gasteiger charge is -2.30. The van der Waals surface area contributed by atoms with Gasteiger partial charge < -0.3 is 10.1 Å². The Morgan fingerprint density at radius 2 is 2.35 bits per heavy atom. The number of cyclic esters (lactones) is 1. The van der Waals surface area contributed by atoms with Crippen molar-refractivity contribution in [2.24, 2.45) is 0 Å². The molecule has 5 heteroatoms. The lowest BCUT2D eigenvalue weighted by Crippen LogP contribution is -2.32. The fraction of sp³-hybridized carbons (Fsp3) is 0.533. The van der Waals surface area contributed by atoms with Crippen LogP contribution in [-0.4, -0.2) is 36.3 Å². The summed E-state index contributed by atoms with van der Waals surface area (Å²) in [6, 6.07) is 8.56. The molecule has 2 saturated heterocycles. The number of hydrogen-bond donors (Lipinski definition) is 1. The van der Waals surface area contributed by atoms with E-state index in [1.807, 2.05) is 30.0 Å². The molecule has 2 fully saturated rings. The van der Waals surface area contributed by atoms with Gasteiger partial charge in [0.15, 0.2) is 0 Å². The van der Waals surface area contributed by atoms with Gasteiger partial charge in [-0.3, -0.25) is 4.90 Å². The first-order valence-electron chi connectivity index (χ1n) is 7.16. The zero-order chi connectivity index (χ0) is 13.9. The van der Waals surface area contributed by atoms with Crippen LogP contribution in [0.25, 0.3) is 0 Å². The SMILES string of the molecule is CC1SCCCC1Nc1cccc(N2CCOC2=O)c1. The van der Waals surface area contributed by atoms with Gasteiger partial charge in [-0.25, -0.2) is 4.79 Å². The van der Waals surface area contributed by atoms with Crippen molar-refractivity contribution in [1.29, 1.82) is 0 Å². The smallest absolute Gasteiger partial charge is 0.414 e. The molecule has 0 radical (unpaired) electrons. The molecule has 2 unspecified atom stereocenters. The predicted octanol–water partition coefficient (Wildman–Crippen LogP) is 3.34. The molecule has 2 aliphatic heterocycles. The number of carbonyl (C=O) groups is 1. The van der Waals surface area contributed by atoms with Gasteiger partial charge in [-0.2, -0.15) is 11.8 Å². The molecular formula is C15H20N2O2S. The highest BCUT2D eigenvalue weighted by molar-refractivity contribution is 8.00. The Bertz CT molecular complexity index is 495. The van der Waals surface area contributed by atoms with Crippen molar-refractivity contribution < 1.29 is 9.53 Å². The van der Waals surface area contributed by atoms with Crippen LogP contribution in [0.3, 0.4) is 0 Å². The minimum Gasteiger partial charge on any atom is -0.447 e. The highest BCUT2D eigenvalue weighted by Crippen LogP contribution is 2.29. The van der Waals surface area contributed by atoms with Crippen molar-refractivity contribution >= 4 is 29.2 Å². The van der Waals surface area contributed by atoms with Crippen molar-refractivity contribution in [2.45, 2.75) is 31.1 Å². The van der Waals surface area contributed by atoms with Gasteiger partial charge in [0.1, 0.15) is 6.61 Å². The van der Waals surface area contributed by atoms with Crippen molar-refractivity contribution in [3.63, 3.8) is 0 Å². The lowest BCUT2D eigenvalue weighted by atomic mass is 10.1. The van der Waals surface area contributed by atoms with Crippen LogP contribution in [0.4, 0.5) is 16.2 Å². The van der Waals surface area contributed by atoms with Gasteiger partial charge in [-0.1, -0.05) is 13.0 Å². The van der Waals surface area contributed by atoms with Crippen molar-refractivity contribution in [1.82, 2.24) is 0 Å². The summed E-state index contributed by atoms with van der Waals surface area (Å²) >= 11 is 2.03. The predicted molar refractivity (Wildman–Crippen MR) is 83.7 cm³/mol. The van der Waals surface area contributed by atoms with Crippen LogP contribution < -0.4 is 10.2 Å². The van der Waals surface area contributed by atoms with Crippen LogP contribution in [0.1, 0.15) is 19.8 Å². The first kappa shape index (κ1) is 13.6. The molecule has 2 heterocycles. The number of hydrogen-bond acceptors (Lipinski definition) is 4. The molecule has 108 valence electrons. The van der Waals surface area contributed by atoms with Gasteiger partial charge >= 0.3 is 6.09 Å². The molecule has 0 aliphatic carbocycles. The molecule has 20 heavy (non-hydrogen) atoms. The first-order valence-corrected chi connectivity index (χ1v) is 8.21. The monoisotopic (exact) mass is 292 g/mol. The number of nitrogens with one attached hydrogen (secondary N) is 1. The van der Waals surface area contributed by atoms with Crippen LogP contribution in [0.2, 0.25) is 0 Å². The van der Waals surface area contributed by atoms with Gasteiger partial charge in [0.2, 0.25) is 0 Å².